The molecule has 0 heterocycles. The molecule has 0 aliphatic carbocycles. The van der Waals surface area contributed by atoms with Gasteiger partial charge in [0, 0.05) is 0 Å². The van der Waals surface area contributed by atoms with Gasteiger partial charge in [-0.1, -0.05) is 48.5 Å². The van der Waals surface area contributed by atoms with E-state index in [4.69, 9.17) is 18.9 Å². The molecule has 8 aromatic carbocycles. The summed E-state index contributed by atoms with van der Waals surface area (Å²) in [5, 5.41) is 10.0. The first kappa shape index (κ1) is 42.9. The third kappa shape index (κ3) is 11.5. The van der Waals surface area contributed by atoms with Crippen molar-refractivity contribution in [1.82, 2.24) is 0 Å². The van der Waals surface area contributed by atoms with Crippen molar-refractivity contribution in [3.8, 4) is 23.0 Å². The fraction of sp³-hybridized carbons (Fsp3) is 0.100. The molecule has 0 aliphatic rings. The van der Waals surface area contributed by atoms with E-state index < -0.39 is 0 Å². The Morgan fingerprint density at radius 1 is 0.333 bits per heavy atom. The zero-order valence-electron chi connectivity index (χ0n) is 27.2. The number of benzene rings is 4. The van der Waals surface area contributed by atoms with Crippen molar-refractivity contribution in [1.29, 1.82) is 0 Å². The van der Waals surface area contributed by atoms with Gasteiger partial charge in [-0.25, -0.2) is 0 Å². The molecule has 0 saturated carbocycles. The molecule has 8 aromatic rings. The van der Waals surface area contributed by atoms with Crippen LogP contribution in [0.25, 0.3) is 43.1 Å². The van der Waals surface area contributed by atoms with Gasteiger partial charge in [-0.15, -0.1) is 91.6 Å². The zero-order chi connectivity index (χ0) is 30.7. The smallest absolute Gasteiger partial charge is 1.00 e. The second kappa shape index (κ2) is 21.8. The Balaban J connectivity index is 0.000000311. The Kier molecular flexibility index (Phi) is 19.4. The van der Waals surface area contributed by atoms with E-state index in [1.807, 2.05) is 72.8 Å². The van der Waals surface area contributed by atoms with Crippen LogP contribution in [0.2, 0.25) is 0 Å². The summed E-state index contributed by atoms with van der Waals surface area (Å²) in [6, 6.07) is 49.2. The van der Waals surface area contributed by atoms with Crippen molar-refractivity contribution in [3.63, 3.8) is 0 Å². The fourth-order valence-electron chi connectivity index (χ4n) is 4.93. The SMILES string of the molecule is COc1ccc2[cH-]ccc2c1.COc1ccc2[cH-]ccc2c1.COc1ccc2[cH-]ccc2c1.COc1ccc2[cH-]ccc2c1.[Cl-].[Cl-].[Zr+2].[Zr+2]. The monoisotopic (exact) mass is 830 g/mol. The van der Waals surface area contributed by atoms with E-state index in [0.717, 1.165) is 23.0 Å². The minimum atomic E-state index is 0. The predicted molar refractivity (Wildman–Crippen MR) is 184 cm³/mol. The average Bonchev–Trinajstić information content (AvgIpc) is 3.90. The predicted octanol–water partition coefficient (Wildman–Crippen LogP) is 4.27. The molecule has 0 atom stereocenters. The van der Waals surface area contributed by atoms with Gasteiger partial charge in [0.25, 0.3) is 0 Å². The average molecular weight is 834 g/mol. The van der Waals surface area contributed by atoms with Crippen molar-refractivity contribution in [2.45, 2.75) is 0 Å². The van der Waals surface area contributed by atoms with Crippen LogP contribution in [-0.2, 0) is 52.4 Å². The summed E-state index contributed by atoms with van der Waals surface area (Å²) in [6.07, 6.45) is 0. The molecule has 8 rings (SSSR count). The van der Waals surface area contributed by atoms with Gasteiger partial charge in [-0.2, -0.15) is 48.5 Å². The number of ether oxygens (including phenoxy) is 4. The first-order chi connectivity index (χ1) is 21.6. The molecule has 8 heteroatoms. The van der Waals surface area contributed by atoms with Crippen molar-refractivity contribution >= 4 is 43.1 Å². The summed E-state index contributed by atoms with van der Waals surface area (Å²) in [5.74, 6) is 3.68. The van der Waals surface area contributed by atoms with E-state index in [1.165, 1.54) is 43.1 Å². The molecule has 0 aliphatic heterocycles. The van der Waals surface area contributed by atoms with Crippen LogP contribution < -0.4 is 43.8 Å². The number of hydrogen-bond donors (Lipinski definition) is 0. The van der Waals surface area contributed by atoms with Crippen molar-refractivity contribution in [3.05, 3.63) is 146 Å². The number of halogens is 2. The van der Waals surface area contributed by atoms with Crippen molar-refractivity contribution in [2.24, 2.45) is 0 Å². The molecule has 0 aromatic heterocycles. The molecular weight excluding hydrogens is 798 g/mol. The molecule has 48 heavy (non-hydrogen) atoms. The first-order valence-corrected chi connectivity index (χ1v) is 14.4. The topological polar surface area (TPSA) is 36.9 Å². The maximum atomic E-state index is 5.09. The van der Waals surface area contributed by atoms with Crippen molar-refractivity contribution in [2.75, 3.05) is 28.4 Å². The Bertz CT molecular complexity index is 1760. The van der Waals surface area contributed by atoms with Crippen LogP contribution in [-0.4, -0.2) is 28.4 Å². The number of rotatable bonds is 4. The number of hydrogen-bond acceptors (Lipinski definition) is 4. The molecule has 0 saturated heterocycles. The van der Waals surface area contributed by atoms with Gasteiger partial charge < -0.3 is 43.8 Å². The molecule has 0 radical (unpaired) electrons. The van der Waals surface area contributed by atoms with Gasteiger partial charge in [0.1, 0.15) is 0 Å². The Morgan fingerprint density at radius 3 is 0.729 bits per heavy atom. The molecule has 0 fully saturated rings. The van der Waals surface area contributed by atoms with Gasteiger partial charge in [0.05, 0.1) is 51.4 Å². The quantitative estimate of drug-likeness (QED) is 0.249. The molecule has 0 N–H and O–H groups in total. The summed E-state index contributed by atoms with van der Waals surface area (Å²) in [7, 11) is 6.74. The molecule has 0 spiro atoms. The molecule has 0 unspecified atom stereocenters. The fourth-order valence-corrected chi connectivity index (χ4v) is 4.93. The van der Waals surface area contributed by atoms with Gasteiger partial charge in [0.2, 0.25) is 0 Å². The summed E-state index contributed by atoms with van der Waals surface area (Å²) in [6.45, 7) is 0. The summed E-state index contributed by atoms with van der Waals surface area (Å²) in [4.78, 5) is 0. The molecule has 0 bridgehead atoms. The number of methoxy groups -OCH3 is 4. The second-order valence-corrected chi connectivity index (χ2v) is 10.1. The van der Waals surface area contributed by atoms with Crippen LogP contribution in [0.5, 0.6) is 23.0 Å². The van der Waals surface area contributed by atoms with Crippen LogP contribution in [0.1, 0.15) is 0 Å². The van der Waals surface area contributed by atoms with Crippen LogP contribution in [0.3, 0.4) is 0 Å². The van der Waals surface area contributed by atoms with Crippen LogP contribution in [0.4, 0.5) is 0 Å². The van der Waals surface area contributed by atoms with E-state index in [0.29, 0.717) is 0 Å². The van der Waals surface area contributed by atoms with E-state index in [-0.39, 0.29) is 77.2 Å². The minimum Gasteiger partial charge on any atom is -1.00 e. The Morgan fingerprint density at radius 2 is 0.542 bits per heavy atom. The van der Waals surface area contributed by atoms with Gasteiger partial charge >= 0.3 is 52.4 Å². The first-order valence-electron chi connectivity index (χ1n) is 14.4. The molecular formula is C40H36Cl2O4Zr2-2. The summed E-state index contributed by atoms with van der Waals surface area (Å²) in [5.41, 5.74) is 0. The molecule has 244 valence electrons. The second-order valence-electron chi connectivity index (χ2n) is 10.1. The van der Waals surface area contributed by atoms with Crippen molar-refractivity contribution < 1.29 is 96.2 Å². The van der Waals surface area contributed by atoms with Gasteiger partial charge in [0.15, 0.2) is 0 Å². The summed E-state index contributed by atoms with van der Waals surface area (Å²) < 4.78 is 20.4. The molecule has 0 amide bonds. The maximum absolute atomic E-state index is 5.09. The minimum absolute atomic E-state index is 0. The van der Waals surface area contributed by atoms with E-state index in [1.54, 1.807) is 28.4 Å². The zero-order valence-corrected chi connectivity index (χ0v) is 33.7. The van der Waals surface area contributed by atoms with Gasteiger partial charge in [-0.05, 0) is 0 Å². The maximum Gasteiger partial charge on any atom is 2.00 e. The normalized spacial score (nSPS) is 9.42. The van der Waals surface area contributed by atoms with Crippen LogP contribution in [0.15, 0.2) is 146 Å². The third-order valence-corrected chi connectivity index (χ3v) is 7.38. The number of fused-ring (bicyclic) bond motifs is 4. The third-order valence-electron chi connectivity index (χ3n) is 7.38. The van der Waals surface area contributed by atoms with Crippen LogP contribution >= 0.6 is 0 Å². The largest absolute Gasteiger partial charge is 2.00 e. The van der Waals surface area contributed by atoms with E-state index in [9.17, 15) is 0 Å². The van der Waals surface area contributed by atoms with E-state index in [2.05, 4.69) is 72.8 Å². The molecule has 4 nitrogen and oxygen atoms in total. The van der Waals surface area contributed by atoms with E-state index >= 15 is 0 Å². The van der Waals surface area contributed by atoms with Crippen LogP contribution in [0, 0.1) is 0 Å². The Labute approximate surface area is 333 Å². The summed E-state index contributed by atoms with van der Waals surface area (Å²) >= 11 is 0. The standard InChI is InChI=1S/4C10H9O.2ClH.2Zr/c4*1-11-10-6-5-8-3-2-4-9(8)7-10;;;;/h4*2-7H,1H3;2*1H;;/q4*-1;;;2*+2/p-2. The van der Waals surface area contributed by atoms with Gasteiger partial charge in [-0.3, -0.25) is 0 Å². The Hall–Kier alpha value is -3.13.